The van der Waals surface area contributed by atoms with Gasteiger partial charge in [-0.3, -0.25) is 0 Å². The van der Waals surface area contributed by atoms with Gasteiger partial charge in [0.05, 0.1) is 11.9 Å². The number of nitrogens with one attached hydrogen (secondary N) is 1. The zero-order chi connectivity index (χ0) is 10.8. The Labute approximate surface area is 90.5 Å². The fraction of sp³-hybridized carbons (Fsp3) is 0.545. The molecule has 2 rings (SSSR count). The maximum atomic E-state index is 5.62. The minimum atomic E-state index is 0.484. The van der Waals surface area contributed by atoms with Crippen LogP contribution in [0.2, 0.25) is 0 Å². The van der Waals surface area contributed by atoms with Gasteiger partial charge in [-0.15, -0.1) is 0 Å². The largest absolute Gasteiger partial charge is 0.397 e. The first-order chi connectivity index (χ1) is 7.16. The highest BCUT2D eigenvalue weighted by molar-refractivity contribution is 5.47. The maximum Gasteiger partial charge on any atom is 0.128 e. The molecular formula is C11H18N4. The topological polar surface area (TPSA) is 54.2 Å². The summed E-state index contributed by atoms with van der Waals surface area (Å²) in [6.45, 7) is 6.40. The molecule has 82 valence electrons. The molecular weight excluding hydrogens is 188 g/mol. The molecule has 1 saturated heterocycles. The predicted molar refractivity (Wildman–Crippen MR) is 62.9 cm³/mol. The number of nitrogens with two attached hydrogens (primary N) is 1. The van der Waals surface area contributed by atoms with Gasteiger partial charge in [-0.2, -0.15) is 0 Å². The lowest BCUT2D eigenvalue weighted by atomic mass is 10.1. The summed E-state index contributed by atoms with van der Waals surface area (Å²) >= 11 is 0. The van der Waals surface area contributed by atoms with Crippen molar-refractivity contribution in [3.05, 3.63) is 18.3 Å². The van der Waals surface area contributed by atoms with E-state index >= 15 is 0 Å². The molecule has 0 aliphatic carbocycles. The highest BCUT2D eigenvalue weighted by Gasteiger charge is 2.22. The fourth-order valence-electron chi connectivity index (χ4n) is 1.91. The molecule has 0 saturated carbocycles. The van der Waals surface area contributed by atoms with Crippen molar-refractivity contribution in [1.29, 1.82) is 0 Å². The lowest BCUT2D eigenvalue weighted by Gasteiger charge is -2.38. The smallest absolute Gasteiger partial charge is 0.128 e. The van der Waals surface area contributed by atoms with Gasteiger partial charge >= 0.3 is 0 Å². The first kappa shape index (κ1) is 10.2. The van der Waals surface area contributed by atoms with E-state index in [9.17, 15) is 0 Å². The van der Waals surface area contributed by atoms with E-state index in [2.05, 4.69) is 29.0 Å². The number of pyridine rings is 1. The molecule has 1 unspecified atom stereocenters. The van der Waals surface area contributed by atoms with Crippen molar-refractivity contribution in [2.24, 2.45) is 0 Å². The van der Waals surface area contributed by atoms with Crippen LogP contribution in [0, 0.1) is 0 Å². The van der Waals surface area contributed by atoms with Crippen LogP contribution < -0.4 is 16.0 Å². The number of hydrogen-bond donors (Lipinski definition) is 2. The molecule has 3 N–H and O–H groups in total. The first-order valence-corrected chi connectivity index (χ1v) is 5.38. The van der Waals surface area contributed by atoms with Crippen molar-refractivity contribution in [2.75, 3.05) is 23.7 Å². The molecule has 0 radical (unpaired) electrons. The third kappa shape index (κ3) is 2.21. The van der Waals surface area contributed by atoms with Gasteiger partial charge in [0.25, 0.3) is 0 Å². The van der Waals surface area contributed by atoms with Crippen molar-refractivity contribution >= 4 is 11.5 Å². The zero-order valence-electron chi connectivity index (χ0n) is 9.27. The maximum absolute atomic E-state index is 5.62. The summed E-state index contributed by atoms with van der Waals surface area (Å²) in [4.78, 5) is 6.68. The van der Waals surface area contributed by atoms with Crippen LogP contribution in [0.1, 0.15) is 13.8 Å². The van der Waals surface area contributed by atoms with Gasteiger partial charge in [0.1, 0.15) is 5.82 Å². The lowest BCUT2D eigenvalue weighted by Crippen LogP contribution is -2.54. The van der Waals surface area contributed by atoms with Crippen molar-refractivity contribution in [3.63, 3.8) is 0 Å². The molecule has 2 atom stereocenters. The molecule has 0 amide bonds. The normalized spacial score (nSPS) is 26.7. The van der Waals surface area contributed by atoms with E-state index in [1.165, 1.54) is 0 Å². The molecule has 4 nitrogen and oxygen atoms in total. The van der Waals surface area contributed by atoms with Crippen molar-refractivity contribution in [3.8, 4) is 0 Å². The van der Waals surface area contributed by atoms with Gasteiger partial charge in [0.15, 0.2) is 0 Å². The fourth-order valence-corrected chi connectivity index (χ4v) is 1.91. The Morgan fingerprint density at radius 3 is 2.93 bits per heavy atom. The van der Waals surface area contributed by atoms with Gasteiger partial charge in [-0.05, 0) is 26.0 Å². The van der Waals surface area contributed by atoms with E-state index in [0.717, 1.165) is 24.6 Å². The third-order valence-electron chi connectivity index (χ3n) is 2.83. The lowest BCUT2D eigenvalue weighted by molar-refractivity contribution is 0.422. The first-order valence-electron chi connectivity index (χ1n) is 5.38. The van der Waals surface area contributed by atoms with Crippen LogP contribution in [0.5, 0.6) is 0 Å². The van der Waals surface area contributed by atoms with Crippen LogP contribution in [0.4, 0.5) is 11.5 Å². The molecule has 1 aromatic heterocycles. The SMILES string of the molecule is CC1CN(c2ccc(N)cn2)[C@H](C)CN1. The molecule has 2 heterocycles. The van der Waals surface area contributed by atoms with Crippen LogP contribution in [0.3, 0.4) is 0 Å². The molecule has 1 fully saturated rings. The number of anilines is 2. The number of aromatic nitrogens is 1. The van der Waals surface area contributed by atoms with Crippen LogP contribution in [0.15, 0.2) is 18.3 Å². The van der Waals surface area contributed by atoms with Crippen LogP contribution >= 0.6 is 0 Å². The predicted octanol–water partition coefficient (Wildman–Crippen LogP) is 0.850. The summed E-state index contributed by atoms with van der Waals surface area (Å²) < 4.78 is 0. The third-order valence-corrected chi connectivity index (χ3v) is 2.83. The van der Waals surface area contributed by atoms with Crippen molar-refractivity contribution < 1.29 is 0 Å². The van der Waals surface area contributed by atoms with Crippen molar-refractivity contribution in [1.82, 2.24) is 10.3 Å². The Balaban J connectivity index is 2.17. The van der Waals surface area contributed by atoms with Gasteiger partial charge < -0.3 is 16.0 Å². The summed E-state index contributed by atoms with van der Waals surface area (Å²) in [6, 6.07) is 4.89. The average molecular weight is 206 g/mol. The van der Waals surface area contributed by atoms with Gasteiger partial charge in [-0.1, -0.05) is 0 Å². The Bertz CT molecular complexity index is 322. The van der Waals surface area contributed by atoms with Crippen molar-refractivity contribution in [2.45, 2.75) is 25.9 Å². The Morgan fingerprint density at radius 1 is 1.47 bits per heavy atom. The second-order valence-electron chi connectivity index (χ2n) is 4.26. The highest BCUT2D eigenvalue weighted by atomic mass is 15.3. The summed E-state index contributed by atoms with van der Waals surface area (Å²) in [5, 5.41) is 3.45. The molecule has 15 heavy (non-hydrogen) atoms. The molecule has 1 aromatic rings. The van der Waals surface area contributed by atoms with E-state index in [4.69, 9.17) is 5.73 Å². The van der Waals surface area contributed by atoms with Crippen LogP contribution in [0.25, 0.3) is 0 Å². The number of piperazine rings is 1. The Kier molecular flexibility index (Phi) is 2.77. The summed E-state index contributed by atoms with van der Waals surface area (Å²) in [5.41, 5.74) is 6.34. The van der Waals surface area contributed by atoms with Crippen LogP contribution in [-0.4, -0.2) is 30.2 Å². The summed E-state index contributed by atoms with van der Waals surface area (Å²) in [7, 11) is 0. The number of hydrogen-bond acceptors (Lipinski definition) is 4. The van der Waals surface area contributed by atoms with Crippen LogP contribution in [-0.2, 0) is 0 Å². The minimum Gasteiger partial charge on any atom is -0.397 e. The van der Waals surface area contributed by atoms with E-state index in [1.54, 1.807) is 6.20 Å². The molecule has 0 bridgehead atoms. The number of nitrogen functional groups attached to an aromatic ring is 1. The standard InChI is InChI=1S/C11H18N4/c1-8-7-15(9(2)5-13-8)11-4-3-10(12)6-14-11/h3-4,6,8-9,13H,5,7,12H2,1-2H3/t8?,9-/m1/s1. The molecule has 4 heteroatoms. The second kappa shape index (κ2) is 4.06. The number of nitrogens with zero attached hydrogens (tertiary/aromatic N) is 2. The molecule has 0 spiro atoms. The summed E-state index contributed by atoms with van der Waals surface area (Å²) in [6.07, 6.45) is 1.72. The van der Waals surface area contributed by atoms with Gasteiger partial charge in [0.2, 0.25) is 0 Å². The van der Waals surface area contributed by atoms with E-state index in [1.807, 2.05) is 12.1 Å². The quantitative estimate of drug-likeness (QED) is 0.715. The number of rotatable bonds is 1. The Morgan fingerprint density at radius 2 is 2.27 bits per heavy atom. The Hall–Kier alpha value is -1.29. The monoisotopic (exact) mass is 206 g/mol. The van der Waals surface area contributed by atoms with Gasteiger partial charge in [-0.25, -0.2) is 4.98 Å². The summed E-state index contributed by atoms with van der Waals surface area (Å²) in [5.74, 6) is 1.02. The van der Waals surface area contributed by atoms with E-state index < -0.39 is 0 Å². The van der Waals surface area contributed by atoms with E-state index in [-0.39, 0.29) is 0 Å². The minimum absolute atomic E-state index is 0.484. The second-order valence-corrected chi connectivity index (χ2v) is 4.26. The van der Waals surface area contributed by atoms with Gasteiger partial charge in [0, 0.05) is 25.2 Å². The molecule has 1 aliphatic rings. The average Bonchev–Trinajstić information content (AvgIpc) is 2.23. The zero-order valence-corrected chi connectivity index (χ0v) is 9.27. The molecule has 0 aromatic carbocycles. The van der Waals surface area contributed by atoms with E-state index in [0.29, 0.717) is 12.1 Å². The molecule has 1 aliphatic heterocycles. The highest BCUT2D eigenvalue weighted by Crippen LogP contribution is 2.17.